The lowest BCUT2D eigenvalue weighted by atomic mass is 9.90. The number of aromatic nitrogens is 4. The van der Waals surface area contributed by atoms with E-state index in [1.54, 1.807) is 0 Å². The lowest BCUT2D eigenvalue weighted by molar-refractivity contribution is -0.115. The molecule has 3 heterocycles. The summed E-state index contributed by atoms with van der Waals surface area (Å²) in [5.74, 6) is 0.408. The second-order valence-corrected chi connectivity index (χ2v) is 7.67. The number of fused-ring (bicyclic) bond motifs is 1. The van der Waals surface area contributed by atoms with Crippen LogP contribution in [0.25, 0.3) is 5.65 Å². The third-order valence-corrected chi connectivity index (χ3v) is 5.71. The van der Waals surface area contributed by atoms with Crippen molar-refractivity contribution in [1.82, 2.24) is 19.6 Å². The molecule has 0 saturated heterocycles. The van der Waals surface area contributed by atoms with Crippen LogP contribution in [-0.2, 0) is 11.2 Å². The van der Waals surface area contributed by atoms with Gasteiger partial charge in [-0.2, -0.15) is 0 Å². The lowest BCUT2D eigenvalue weighted by Gasteiger charge is -2.18. The summed E-state index contributed by atoms with van der Waals surface area (Å²) in [7, 11) is 0. The first-order valence-electron chi connectivity index (χ1n) is 8.75. The molecule has 3 aromatic rings. The van der Waals surface area contributed by atoms with E-state index in [1.807, 2.05) is 35.9 Å². The van der Waals surface area contributed by atoms with Crippen LogP contribution in [0, 0.1) is 6.92 Å². The number of hydrogen-bond donors (Lipinski definition) is 1. The smallest absolute Gasteiger partial charge is 0.232 e. The molecule has 4 rings (SSSR count). The van der Waals surface area contributed by atoms with Gasteiger partial charge in [-0.25, -0.2) is 4.98 Å². The first kappa shape index (κ1) is 16.2. The highest BCUT2D eigenvalue weighted by Gasteiger charge is 2.20. The summed E-state index contributed by atoms with van der Waals surface area (Å²) in [6.07, 6.45) is 10.3. The molecule has 0 atom stereocenters. The van der Waals surface area contributed by atoms with Gasteiger partial charge in [-0.05, 0) is 31.4 Å². The zero-order chi connectivity index (χ0) is 17.2. The number of nitrogens with one attached hydrogen (secondary N) is 1. The van der Waals surface area contributed by atoms with Gasteiger partial charge in [0.1, 0.15) is 10.7 Å². The molecule has 25 heavy (non-hydrogen) atoms. The minimum Gasteiger partial charge on any atom is -0.307 e. The van der Waals surface area contributed by atoms with E-state index < -0.39 is 0 Å². The number of carbonyl (C=O) groups excluding carboxylic acids is 1. The molecule has 3 aromatic heterocycles. The molecule has 0 aromatic carbocycles. The van der Waals surface area contributed by atoms with Gasteiger partial charge >= 0.3 is 0 Å². The Morgan fingerprint density at radius 1 is 1.32 bits per heavy atom. The van der Waals surface area contributed by atoms with Crippen molar-refractivity contribution in [2.75, 3.05) is 5.32 Å². The SMILES string of the molecule is Cc1cccn2cc(CC(=O)Nc3nnc(C4CCCCC4)s3)nc12. The molecule has 0 spiro atoms. The Kier molecular flexibility index (Phi) is 4.48. The maximum atomic E-state index is 12.3. The van der Waals surface area contributed by atoms with Crippen molar-refractivity contribution >= 4 is 28.0 Å². The fourth-order valence-electron chi connectivity index (χ4n) is 3.42. The summed E-state index contributed by atoms with van der Waals surface area (Å²) in [6, 6.07) is 3.99. The van der Waals surface area contributed by atoms with E-state index in [1.165, 1.54) is 43.4 Å². The number of pyridine rings is 1. The van der Waals surface area contributed by atoms with Gasteiger partial charge in [-0.1, -0.05) is 36.7 Å². The van der Waals surface area contributed by atoms with E-state index >= 15 is 0 Å². The Balaban J connectivity index is 1.41. The van der Waals surface area contributed by atoms with Gasteiger partial charge in [-0.15, -0.1) is 10.2 Å². The van der Waals surface area contributed by atoms with Crippen molar-refractivity contribution in [2.45, 2.75) is 51.4 Å². The number of amides is 1. The van der Waals surface area contributed by atoms with Gasteiger partial charge in [0.2, 0.25) is 11.0 Å². The number of nitrogens with zero attached hydrogens (tertiary/aromatic N) is 4. The molecule has 1 amide bonds. The number of anilines is 1. The number of carbonyl (C=O) groups is 1. The normalized spacial score (nSPS) is 15.6. The second kappa shape index (κ2) is 6.92. The maximum absolute atomic E-state index is 12.3. The van der Waals surface area contributed by atoms with E-state index in [-0.39, 0.29) is 12.3 Å². The summed E-state index contributed by atoms with van der Waals surface area (Å²) in [5, 5.41) is 12.9. The Labute approximate surface area is 150 Å². The van der Waals surface area contributed by atoms with Gasteiger partial charge in [0.15, 0.2) is 0 Å². The number of hydrogen-bond acceptors (Lipinski definition) is 5. The summed E-state index contributed by atoms with van der Waals surface area (Å²) in [4.78, 5) is 16.8. The Morgan fingerprint density at radius 2 is 2.16 bits per heavy atom. The molecule has 130 valence electrons. The van der Waals surface area contributed by atoms with Crippen molar-refractivity contribution < 1.29 is 4.79 Å². The predicted molar refractivity (Wildman–Crippen MR) is 98.0 cm³/mol. The van der Waals surface area contributed by atoms with Crippen LogP contribution in [0.1, 0.15) is 54.3 Å². The molecule has 1 N–H and O–H groups in total. The highest BCUT2D eigenvalue weighted by Crippen LogP contribution is 2.35. The largest absolute Gasteiger partial charge is 0.307 e. The minimum atomic E-state index is -0.104. The van der Waals surface area contributed by atoms with Crippen LogP contribution in [-0.4, -0.2) is 25.5 Å². The highest BCUT2D eigenvalue weighted by atomic mass is 32.1. The fourth-order valence-corrected chi connectivity index (χ4v) is 4.35. The van der Waals surface area contributed by atoms with E-state index in [0.29, 0.717) is 11.0 Å². The molecule has 0 bridgehead atoms. The van der Waals surface area contributed by atoms with Gasteiger partial charge in [0.25, 0.3) is 0 Å². The third-order valence-electron chi connectivity index (χ3n) is 4.71. The molecule has 7 heteroatoms. The van der Waals surface area contributed by atoms with Crippen molar-refractivity contribution in [3.63, 3.8) is 0 Å². The number of aryl methyl sites for hydroxylation is 1. The van der Waals surface area contributed by atoms with E-state index in [9.17, 15) is 4.79 Å². The molecular weight excluding hydrogens is 334 g/mol. The summed E-state index contributed by atoms with van der Waals surface area (Å²) >= 11 is 1.51. The number of rotatable bonds is 4. The summed E-state index contributed by atoms with van der Waals surface area (Å²) in [5.41, 5.74) is 2.74. The molecule has 1 fully saturated rings. The highest BCUT2D eigenvalue weighted by molar-refractivity contribution is 7.15. The number of imidazole rings is 1. The van der Waals surface area contributed by atoms with Crippen molar-refractivity contribution in [2.24, 2.45) is 0 Å². The second-order valence-electron chi connectivity index (χ2n) is 6.66. The summed E-state index contributed by atoms with van der Waals surface area (Å²) in [6.45, 7) is 2.01. The van der Waals surface area contributed by atoms with Crippen molar-refractivity contribution in [3.05, 3.63) is 40.8 Å². The average Bonchev–Trinajstić information content (AvgIpc) is 3.23. The molecule has 0 unspecified atom stereocenters. The van der Waals surface area contributed by atoms with Crippen molar-refractivity contribution in [1.29, 1.82) is 0 Å². The van der Waals surface area contributed by atoms with Crippen LogP contribution in [0.5, 0.6) is 0 Å². The van der Waals surface area contributed by atoms with Gasteiger partial charge in [0, 0.05) is 18.3 Å². The molecule has 6 nitrogen and oxygen atoms in total. The van der Waals surface area contributed by atoms with Gasteiger partial charge in [-0.3, -0.25) is 4.79 Å². The van der Waals surface area contributed by atoms with Gasteiger partial charge < -0.3 is 9.72 Å². The maximum Gasteiger partial charge on any atom is 0.232 e. The molecule has 1 saturated carbocycles. The lowest BCUT2D eigenvalue weighted by Crippen LogP contribution is -2.14. The molecular formula is C18H21N5OS. The van der Waals surface area contributed by atoms with E-state index in [2.05, 4.69) is 20.5 Å². The Morgan fingerprint density at radius 3 is 2.96 bits per heavy atom. The quantitative estimate of drug-likeness (QED) is 0.774. The van der Waals surface area contributed by atoms with Crippen LogP contribution in [0.4, 0.5) is 5.13 Å². The van der Waals surface area contributed by atoms with E-state index in [4.69, 9.17) is 0 Å². The average molecular weight is 355 g/mol. The molecule has 0 radical (unpaired) electrons. The van der Waals surface area contributed by atoms with Crippen LogP contribution in [0.3, 0.4) is 0 Å². The zero-order valence-electron chi connectivity index (χ0n) is 14.2. The fraction of sp³-hybridized carbons (Fsp3) is 0.444. The first-order chi connectivity index (χ1) is 12.2. The van der Waals surface area contributed by atoms with Crippen LogP contribution in [0.2, 0.25) is 0 Å². The van der Waals surface area contributed by atoms with E-state index in [0.717, 1.165) is 21.9 Å². The van der Waals surface area contributed by atoms with Crippen molar-refractivity contribution in [3.8, 4) is 0 Å². The van der Waals surface area contributed by atoms with Crippen LogP contribution >= 0.6 is 11.3 Å². The zero-order valence-corrected chi connectivity index (χ0v) is 15.1. The Bertz CT molecular complexity index is 894. The third kappa shape index (κ3) is 3.56. The predicted octanol–water partition coefficient (Wildman–Crippen LogP) is 3.72. The standard InChI is InChI=1S/C18H21N5OS/c1-12-6-5-9-23-11-14(19-16(12)23)10-15(24)20-18-22-21-17(25-18)13-7-3-2-4-8-13/h5-6,9,11,13H,2-4,7-8,10H2,1H3,(H,20,22,24). The van der Waals surface area contributed by atoms with Crippen LogP contribution in [0.15, 0.2) is 24.5 Å². The summed E-state index contributed by atoms with van der Waals surface area (Å²) < 4.78 is 1.95. The molecule has 1 aliphatic carbocycles. The monoisotopic (exact) mass is 355 g/mol. The minimum absolute atomic E-state index is 0.104. The first-order valence-corrected chi connectivity index (χ1v) is 9.57. The Hall–Kier alpha value is -2.28. The van der Waals surface area contributed by atoms with Crippen LogP contribution < -0.4 is 5.32 Å². The van der Waals surface area contributed by atoms with Gasteiger partial charge in [0.05, 0.1) is 12.1 Å². The topological polar surface area (TPSA) is 72.2 Å². The molecule has 1 aliphatic rings. The molecule has 0 aliphatic heterocycles.